The molecular formula is C22H29FO2. The maximum absolute atomic E-state index is 14.0. The molecule has 0 heterocycles. The first-order chi connectivity index (χ1) is 12.2. The lowest BCUT2D eigenvalue weighted by Crippen LogP contribution is -2.21. The fourth-order valence-corrected chi connectivity index (χ4v) is 2.99. The number of unbranched alkanes of at least 4 members (excludes halogenated alkanes) is 7. The van der Waals surface area contributed by atoms with Crippen molar-refractivity contribution in [3.8, 4) is 5.75 Å². The Morgan fingerprint density at radius 1 is 0.920 bits per heavy atom. The van der Waals surface area contributed by atoms with Crippen molar-refractivity contribution in [2.45, 2.75) is 70.9 Å². The minimum absolute atomic E-state index is 0.251. The summed E-state index contributed by atoms with van der Waals surface area (Å²) >= 11 is 0. The molecule has 0 bridgehead atoms. The van der Waals surface area contributed by atoms with Crippen LogP contribution in [0, 0.1) is 0 Å². The second kappa shape index (κ2) is 10.9. The molecule has 0 saturated carbocycles. The van der Waals surface area contributed by atoms with Crippen LogP contribution in [0.2, 0.25) is 0 Å². The number of carbonyl (C=O) groups is 1. The summed E-state index contributed by atoms with van der Waals surface area (Å²) in [6, 6.07) is 13.2. The number of esters is 1. The van der Waals surface area contributed by atoms with E-state index in [1.54, 1.807) is 12.1 Å². The van der Waals surface area contributed by atoms with Crippen LogP contribution >= 0.6 is 0 Å². The van der Waals surface area contributed by atoms with E-state index in [2.05, 4.69) is 6.92 Å². The fourth-order valence-electron chi connectivity index (χ4n) is 2.99. The Hall–Kier alpha value is -1.90. The summed E-state index contributed by atoms with van der Waals surface area (Å²) in [4.78, 5) is 11.9. The predicted molar refractivity (Wildman–Crippen MR) is 102 cm³/mol. The van der Waals surface area contributed by atoms with Gasteiger partial charge >= 0.3 is 5.97 Å². The molecule has 2 aromatic rings. The van der Waals surface area contributed by atoms with E-state index >= 15 is 0 Å². The predicted octanol–water partition coefficient (Wildman–Crippen LogP) is 6.61. The molecule has 0 N–H and O–H groups in total. The van der Waals surface area contributed by atoms with Gasteiger partial charge in [0, 0.05) is 0 Å². The van der Waals surface area contributed by atoms with Gasteiger partial charge in [-0.3, -0.25) is 0 Å². The highest BCUT2D eigenvalue weighted by Gasteiger charge is 2.19. The number of hydrogen-bond donors (Lipinski definition) is 0. The molecule has 2 aromatic carbocycles. The zero-order chi connectivity index (χ0) is 17.9. The van der Waals surface area contributed by atoms with E-state index < -0.39 is 12.1 Å². The van der Waals surface area contributed by atoms with E-state index in [0.29, 0.717) is 5.75 Å². The van der Waals surface area contributed by atoms with Gasteiger partial charge in [-0.1, -0.05) is 82.2 Å². The first kappa shape index (κ1) is 19.4. The standard InChI is InChI=1S/C22H29FO2/c1-2-3-4-5-6-7-8-9-14-21(23)22(24)25-20-16-15-18-12-10-11-13-19(18)17-20/h10-13,15-17,21H,2-9,14H2,1H3. The van der Waals surface area contributed by atoms with Gasteiger partial charge in [0.2, 0.25) is 0 Å². The average molecular weight is 344 g/mol. The number of ether oxygens (including phenoxy) is 1. The van der Waals surface area contributed by atoms with Crippen molar-refractivity contribution in [1.29, 1.82) is 0 Å². The number of rotatable bonds is 11. The quantitative estimate of drug-likeness (QED) is 0.260. The highest BCUT2D eigenvalue weighted by atomic mass is 19.1. The molecule has 3 heteroatoms. The highest BCUT2D eigenvalue weighted by Crippen LogP contribution is 2.21. The van der Waals surface area contributed by atoms with Crippen LogP contribution in [0.3, 0.4) is 0 Å². The lowest BCUT2D eigenvalue weighted by atomic mass is 10.1. The number of fused-ring (bicyclic) bond motifs is 1. The van der Waals surface area contributed by atoms with E-state index in [1.807, 2.05) is 30.3 Å². The van der Waals surface area contributed by atoms with Gasteiger partial charge in [0.15, 0.2) is 6.17 Å². The van der Waals surface area contributed by atoms with Crippen LogP contribution in [0.15, 0.2) is 42.5 Å². The minimum atomic E-state index is -1.54. The van der Waals surface area contributed by atoms with Crippen molar-refractivity contribution >= 4 is 16.7 Å². The van der Waals surface area contributed by atoms with Crippen molar-refractivity contribution < 1.29 is 13.9 Å². The van der Waals surface area contributed by atoms with Crippen molar-refractivity contribution in [3.05, 3.63) is 42.5 Å². The zero-order valence-corrected chi connectivity index (χ0v) is 15.2. The Morgan fingerprint density at radius 3 is 2.28 bits per heavy atom. The average Bonchev–Trinajstić information content (AvgIpc) is 2.63. The molecule has 2 nitrogen and oxygen atoms in total. The van der Waals surface area contributed by atoms with Crippen molar-refractivity contribution in [3.63, 3.8) is 0 Å². The molecule has 2 rings (SSSR count). The summed E-state index contributed by atoms with van der Waals surface area (Å²) in [6.07, 6.45) is 7.87. The fraction of sp³-hybridized carbons (Fsp3) is 0.500. The molecule has 0 aliphatic heterocycles. The lowest BCUT2D eigenvalue weighted by molar-refractivity contribution is -0.140. The smallest absolute Gasteiger partial charge is 0.346 e. The highest BCUT2D eigenvalue weighted by molar-refractivity contribution is 5.85. The molecule has 0 spiro atoms. The molecule has 25 heavy (non-hydrogen) atoms. The topological polar surface area (TPSA) is 26.3 Å². The number of halogens is 1. The van der Waals surface area contributed by atoms with Crippen LogP contribution in [-0.2, 0) is 4.79 Å². The summed E-state index contributed by atoms with van der Waals surface area (Å²) < 4.78 is 19.2. The van der Waals surface area contributed by atoms with Gasteiger partial charge in [0.25, 0.3) is 0 Å². The van der Waals surface area contributed by atoms with Gasteiger partial charge in [-0.25, -0.2) is 9.18 Å². The molecule has 1 atom stereocenters. The Balaban J connectivity index is 1.67. The lowest BCUT2D eigenvalue weighted by Gasteiger charge is -2.09. The molecule has 0 aliphatic carbocycles. The van der Waals surface area contributed by atoms with Gasteiger partial charge in [-0.15, -0.1) is 0 Å². The van der Waals surface area contributed by atoms with Crippen molar-refractivity contribution in [2.75, 3.05) is 0 Å². The second-order valence-electron chi connectivity index (χ2n) is 6.66. The Labute approximate surface area is 150 Å². The largest absolute Gasteiger partial charge is 0.424 e. The van der Waals surface area contributed by atoms with E-state index in [-0.39, 0.29) is 6.42 Å². The third kappa shape index (κ3) is 6.85. The van der Waals surface area contributed by atoms with Crippen LogP contribution in [0.25, 0.3) is 10.8 Å². The Bertz CT molecular complexity index is 653. The molecule has 0 aliphatic rings. The Morgan fingerprint density at radius 2 is 1.56 bits per heavy atom. The van der Waals surface area contributed by atoms with Gasteiger partial charge in [-0.2, -0.15) is 0 Å². The van der Waals surface area contributed by atoms with Crippen LogP contribution < -0.4 is 4.74 Å². The zero-order valence-electron chi connectivity index (χ0n) is 15.2. The Kier molecular flexibility index (Phi) is 8.44. The third-order valence-corrected chi connectivity index (χ3v) is 4.51. The molecular weight excluding hydrogens is 315 g/mol. The maximum Gasteiger partial charge on any atom is 0.346 e. The SMILES string of the molecule is CCCCCCCCCCC(F)C(=O)Oc1ccc2ccccc2c1. The van der Waals surface area contributed by atoms with Gasteiger partial charge < -0.3 is 4.74 Å². The first-order valence-electron chi connectivity index (χ1n) is 9.55. The van der Waals surface area contributed by atoms with E-state index in [9.17, 15) is 9.18 Å². The molecule has 0 radical (unpaired) electrons. The van der Waals surface area contributed by atoms with Crippen LogP contribution in [0.4, 0.5) is 4.39 Å². The summed E-state index contributed by atoms with van der Waals surface area (Å²) in [6.45, 7) is 2.21. The maximum atomic E-state index is 14.0. The van der Waals surface area contributed by atoms with Crippen molar-refractivity contribution in [1.82, 2.24) is 0 Å². The third-order valence-electron chi connectivity index (χ3n) is 4.51. The van der Waals surface area contributed by atoms with Crippen LogP contribution in [0.1, 0.15) is 64.7 Å². The van der Waals surface area contributed by atoms with E-state index in [0.717, 1.165) is 30.0 Å². The monoisotopic (exact) mass is 344 g/mol. The first-order valence-corrected chi connectivity index (χ1v) is 9.55. The summed E-state index contributed by atoms with van der Waals surface area (Å²) in [5.41, 5.74) is 0. The van der Waals surface area contributed by atoms with E-state index in [4.69, 9.17) is 4.74 Å². The normalized spacial score (nSPS) is 12.2. The van der Waals surface area contributed by atoms with Crippen LogP contribution in [-0.4, -0.2) is 12.1 Å². The summed E-state index contributed by atoms with van der Waals surface area (Å²) in [5, 5.41) is 2.05. The van der Waals surface area contributed by atoms with Crippen molar-refractivity contribution in [2.24, 2.45) is 0 Å². The van der Waals surface area contributed by atoms with Crippen LogP contribution in [0.5, 0.6) is 5.75 Å². The molecule has 136 valence electrons. The number of benzene rings is 2. The summed E-state index contributed by atoms with van der Waals surface area (Å²) in [5.74, 6) is -0.375. The molecule has 0 amide bonds. The van der Waals surface area contributed by atoms with E-state index in [1.165, 1.54) is 32.1 Å². The summed E-state index contributed by atoms with van der Waals surface area (Å²) in [7, 11) is 0. The van der Waals surface area contributed by atoms with Gasteiger partial charge in [0.1, 0.15) is 5.75 Å². The second-order valence-corrected chi connectivity index (χ2v) is 6.66. The number of carbonyl (C=O) groups excluding carboxylic acids is 1. The molecule has 1 unspecified atom stereocenters. The minimum Gasteiger partial charge on any atom is -0.424 e. The van der Waals surface area contributed by atoms with Gasteiger partial charge in [-0.05, 0) is 35.7 Å². The molecule has 0 fully saturated rings. The number of hydrogen-bond acceptors (Lipinski definition) is 2. The molecule has 0 aromatic heterocycles. The number of alkyl halides is 1. The van der Waals surface area contributed by atoms with Gasteiger partial charge in [0.05, 0.1) is 0 Å². The molecule has 0 saturated heterocycles.